The van der Waals surface area contributed by atoms with Crippen LogP contribution in [-0.4, -0.2) is 0 Å². The first-order valence-electron chi connectivity index (χ1n) is 16.2. The number of nitrogens with two attached hydrogens (primary N) is 2. The van der Waals surface area contributed by atoms with E-state index in [1.54, 1.807) is 30.3 Å². The summed E-state index contributed by atoms with van der Waals surface area (Å²) >= 11 is 0. The van der Waals surface area contributed by atoms with Crippen LogP contribution in [0, 0.1) is 0 Å². The lowest BCUT2D eigenvalue weighted by atomic mass is 10.2. The molecule has 4 N–H and O–H groups in total. The van der Waals surface area contributed by atoms with Crippen LogP contribution in [0.15, 0.2) is 171 Å². The van der Waals surface area contributed by atoms with Crippen molar-refractivity contribution in [3.63, 3.8) is 0 Å². The Labute approximate surface area is 303 Å². The van der Waals surface area contributed by atoms with E-state index in [1.165, 1.54) is 0 Å². The van der Waals surface area contributed by atoms with E-state index in [4.69, 9.17) is 52.6 Å². The molecule has 1 heterocycles. The van der Waals surface area contributed by atoms with E-state index in [2.05, 4.69) is 0 Å². The summed E-state index contributed by atoms with van der Waals surface area (Å²) in [6, 6.07) is 47.9. The van der Waals surface area contributed by atoms with Crippen molar-refractivity contribution in [3.05, 3.63) is 169 Å². The summed E-state index contributed by atoms with van der Waals surface area (Å²) < 4.78 is 54.3. The van der Waals surface area contributed by atoms with E-state index in [1.807, 2.05) is 127 Å². The van der Waals surface area contributed by atoms with Crippen LogP contribution < -0.4 is 39.0 Å². The number of para-hydroxylation sites is 6. The van der Waals surface area contributed by atoms with Crippen LogP contribution in [0.4, 0.5) is 0 Å². The van der Waals surface area contributed by atoms with Gasteiger partial charge in [0.25, 0.3) is 0 Å². The number of hydrogen-bond donors (Lipinski definition) is 2. The molecular weight excluding hydrogens is 715 g/mol. The van der Waals surface area contributed by atoms with Crippen molar-refractivity contribution in [2.75, 3.05) is 0 Å². The zero-order valence-corrected chi connectivity index (χ0v) is 30.4. The smallest absolute Gasteiger partial charge is 0.453 e. The maximum absolute atomic E-state index is 6.88. The van der Waals surface area contributed by atoms with Crippen LogP contribution in [0.2, 0.25) is 0 Å². The van der Waals surface area contributed by atoms with E-state index in [0.717, 1.165) is 11.1 Å². The Morgan fingerprint density at radius 3 is 1.42 bits per heavy atom. The molecule has 0 bridgehead atoms. The average Bonchev–Trinajstić information content (AvgIpc) is 3.17. The highest BCUT2D eigenvalue weighted by molar-refractivity contribution is 7.73. The first-order valence-corrected chi connectivity index (χ1v) is 20.1. The van der Waals surface area contributed by atoms with E-state index in [9.17, 15) is 0 Å². The highest BCUT2D eigenvalue weighted by atomic mass is 31.3. The molecule has 11 nitrogen and oxygen atoms in total. The molecule has 0 radical (unpaired) electrons. The molecule has 0 fully saturated rings. The topological polar surface area (TPSA) is 145 Å². The van der Waals surface area contributed by atoms with Crippen LogP contribution in [0.3, 0.4) is 0 Å². The lowest BCUT2D eigenvalue weighted by molar-refractivity contribution is 0.391. The van der Waals surface area contributed by atoms with Gasteiger partial charge in [-0.3, -0.25) is 0 Å². The molecule has 1 aliphatic heterocycles. The third-order valence-corrected chi connectivity index (χ3v) is 13.4. The number of hydrogen-bond acceptors (Lipinski definition) is 11. The van der Waals surface area contributed by atoms with Gasteiger partial charge in [-0.25, -0.2) is 0 Å². The molecule has 52 heavy (non-hydrogen) atoms. The monoisotopic (exact) mass is 749 g/mol. The Morgan fingerprint density at radius 1 is 0.442 bits per heavy atom. The Hall–Kier alpha value is -5.40. The maximum atomic E-state index is 6.88. The van der Waals surface area contributed by atoms with Crippen LogP contribution in [0.25, 0.3) is 0 Å². The highest BCUT2D eigenvalue weighted by Gasteiger charge is 2.40. The molecule has 6 aromatic carbocycles. The lowest BCUT2D eigenvalue weighted by Gasteiger charge is -2.28. The van der Waals surface area contributed by atoms with Crippen LogP contribution >= 0.6 is 23.8 Å². The summed E-state index contributed by atoms with van der Waals surface area (Å²) in [4.78, 5) is 0. The van der Waals surface area contributed by atoms with Gasteiger partial charge < -0.3 is 39.0 Å². The molecule has 1 aliphatic rings. The van der Waals surface area contributed by atoms with Gasteiger partial charge in [0.2, 0.25) is 5.75 Å². The van der Waals surface area contributed by atoms with Gasteiger partial charge in [-0.15, -0.1) is 9.03 Å². The van der Waals surface area contributed by atoms with Crippen molar-refractivity contribution < 1.29 is 27.6 Å². The Kier molecular flexibility index (Phi) is 11.0. The highest BCUT2D eigenvalue weighted by Crippen LogP contribution is 2.71. The molecule has 0 saturated heterocycles. The number of ether oxygens (including phenoxy) is 2. The van der Waals surface area contributed by atoms with E-state index >= 15 is 0 Å². The van der Waals surface area contributed by atoms with Crippen molar-refractivity contribution >= 4 is 23.8 Å². The number of nitrogens with zero attached hydrogens (tertiary/aromatic N) is 3. The molecule has 1 unspecified atom stereocenters. The van der Waals surface area contributed by atoms with Gasteiger partial charge in [-0.05, 0) is 60.7 Å². The second-order valence-electron chi connectivity index (χ2n) is 11.1. The third kappa shape index (κ3) is 8.38. The van der Waals surface area contributed by atoms with Crippen molar-refractivity contribution in [1.82, 2.24) is 0 Å². The molecule has 6 aromatic rings. The fourth-order valence-electron chi connectivity index (χ4n) is 4.99. The fraction of sp³-hybridized carbons (Fsp3) is 0.0526. The van der Waals surface area contributed by atoms with Gasteiger partial charge in [-0.2, -0.15) is 0 Å². The van der Waals surface area contributed by atoms with Gasteiger partial charge in [0.1, 0.15) is 28.7 Å². The minimum absolute atomic E-state index is 0.236. The first kappa shape index (κ1) is 35.0. The molecule has 0 spiro atoms. The summed E-state index contributed by atoms with van der Waals surface area (Å²) in [6.07, 6.45) is 0. The third-order valence-electron chi connectivity index (χ3n) is 7.41. The minimum atomic E-state index is -3.73. The van der Waals surface area contributed by atoms with E-state index in [0.29, 0.717) is 34.5 Å². The first-order chi connectivity index (χ1) is 25.6. The molecule has 1 atom stereocenters. The van der Waals surface area contributed by atoms with Gasteiger partial charge in [0, 0.05) is 24.2 Å². The van der Waals surface area contributed by atoms with Crippen molar-refractivity contribution in [1.29, 1.82) is 0 Å². The van der Waals surface area contributed by atoms with Crippen LogP contribution in [0.1, 0.15) is 11.1 Å². The van der Waals surface area contributed by atoms with Crippen LogP contribution in [-0.2, 0) is 13.1 Å². The Bertz CT molecular complexity index is 2230. The van der Waals surface area contributed by atoms with Gasteiger partial charge >= 0.3 is 15.3 Å². The van der Waals surface area contributed by atoms with E-state index < -0.39 is 15.3 Å². The Balaban J connectivity index is 1.40. The number of rotatable bonds is 14. The van der Waals surface area contributed by atoms with Gasteiger partial charge in [0.15, 0.2) is 20.0 Å². The van der Waals surface area contributed by atoms with Crippen LogP contribution in [0.5, 0.6) is 46.0 Å². The molecular formula is C38H34N5O6P3. The molecule has 7 rings (SSSR count). The summed E-state index contributed by atoms with van der Waals surface area (Å²) in [5.41, 5.74) is 13.8. The minimum Gasteiger partial charge on any atom is -0.453 e. The maximum Gasteiger partial charge on any atom is 0.460 e. The summed E-state index contributed by atoms with van der Waals surface area (Å²) in [6.45, 7) is 0.512. The normalized spacial score (nSPS) is 16.0. The summed E-state index contributed by atoms with van der Waals surface area (Å²) in [7, 11) is -7.06. The van der Waals surface area contributed by atoms with Gasteiger partial charge in [-0.1, -0.05) is 102 Å². The Morgan fingerprint density at radius 2 is 0.885 bits per heavy atom. The van der Waals surface area contributed by atoms with Crippen molar-refractivity contribution in [2.24, 2.45) is 25.0 Å². The summed E-state index contributed by atoms with van der Waals surface area (Å²) in [5.74, 6) is 3.39. The zero-order valence-electron chi connectivity index (χ0n) is 27.7. The summed E-state index contributed by atoms with van der Waals surface area (Å²) in [5, 5.41) is 0. The quantitative estimate of drug-likeness (QED) is 0.105. The zero-order chi connectivity index (χ0) is 35.6. The van der Waals surface area contributed by atoms with Crippen molar-refractivity contribution in [3.8, 4) is 46.0 Å². The predicted octanol–water partition coefficient (Wildman–Crippen LogP) is 11.8. The molecule has 14 heteroatoms. The van der Waals surface area contributed by atoms with Gasteiger partial charge in [0.05, 0.1) is 0 Å². The molecule has 0 amide bonds. The standard InChI is InChI=1S/C38H34N5O6P3/c39-27-29-15-10-12-23-34(29)44-36-25-14-26-37(38(36)45-35-24-13-11-16-30(35)28-40)49-52(48-33-21-8-3-9-22-33)42-50-41-51(43-52,46-31-17-4-1-5-18-31)47-32-19-6-2-7-20-32/h1-26H,27-28,39-40H2. The molecule has 0 saturated carbocycles. The second-order valence-corrected chi connectivity index (χ2v) is 16.1. The van der Waals surface area contributed by atoms with Crippen molar-refractivity contribution in [2.45, 2.75) is 13.1 Å². The predicted molar refractivity (Wildman–Crippen MR) is 205 cm³/mol. The largest absolute Gasteiger partial charge is 0.460 e. The second kappa shape index (κ2) is 16.3. The average molecular weight is 750 g/mol. The number of benzene rings is 6. The SMILES string of the molecule is NCc1ccccc1Oc1cccc(OP2(Oc3ccccc3)=NP=NP(Oc3ccccc3)(Oc3ccccc3)=N2)c1Oc1ccccc1CN. The van der Waals surface area contributed by atoms with E-state index in [-0.39, 0.29) is 33.1 Å². The lowest BCUT2D eigenvalue weighted by Crippen LogP contribution is -2.06. The fourth-order valence-corrected chi connectivity index (χ4v) is 11.2. The molecule has 0 aliphatic carbocycles. The molecule has 262 valence electrons. The molecule has 0 aromatic heterocycles.